The van der Waals surface area contributed by atoms with Crippen LogP contribution in [0.15, 0.2) is 36.9 Å². The Morgan fingerprint density at radius 3 is 2.85 bits per heavy atom. The average Bonchev–Trinajstić information content (AvgIpc) is 3.82. The highest BCUT2D eigenvalue weighted by molar-refractivity contribution is 7.23. The van der Waals surface area contributed by atoms with Crippen molar-refractivity contribution >= 4 is 60.7 Å². The van der Waals surface area contributed by atoms with Crippen molar-refractivity contribution in [1.82, 2.24) is 19.8 Å². The summed E-state index contributed by atoms with van der Waals surface area (Å²) in [6.45, 7) is 10.4. The van der Waals surface area contributed by atoms with E-state index in [9.17, 15) is 18.8 Å². The number of likely N-dealkylation sites (tertiary alicyclic amines) is 1. The number of nitriles is 1. The lowest BCUT2D eigenvalue weighted by Crippen LogP contribution is -2.45. The molecule has 0 spiro atoms. The van der Waals surface area contributed by atoms with Crippen LogP contribution in [-0.4, -0.2) is 82.3 Å². The number of hydrogen-bond donors (Lipinski definition) is 1. The molecule has 2 N–H and O–H groups in total. The number of anilines is 2. The summed E-state index contributed by atoms with van der Waals surface area (Å²) in [6, 6.07) is 8.72. The van der Waals surface area contributed by atoms with Gasteiger partial charge in [0.2, 0.25) is 5.91 Å². The molecule has 5 heterocycles. The van der Waals surface area contributed by atoms with Gasteiger partial charge in [0.25, 0.3) is 0 Å². The minimum Gasteiger partial charge on any atom is -0.461 e. The van der Waals surface area contributed by atoms with Crippen LogP contribution in [-0.2, 0) is 4.79 Å². The number of likely N-dealkylation sites (N-methyl/N-ethyl adjacent to an activating group) is 1. The second kappa shape index (κ2) is 12.4. The van der Waals surface area contributed by atoms with E-state index in [-0.39, 0.29) is 50.9 Å². The van der Waals surface area contributed by atoms with Crippen molar-refractivity contribution in [2.75, 3.05) is 43.4 Å². The lowest BCUT2D eigenvalue weighted by Gasteiger charge is -2.34. The summed E-state index contributed by atoms with van der Waals surface area (Å²) in [4.78, 5) is 28.6. The Bertz CT molecular complexity index is 2000. The van der Waals surface area contributed by atoms with Crippen molar-refractivity contribution in [1.29, 1.82) is 5.26 Å². The summed E-state index contributed by atoms with van der Waals surface area (Å²) in [5, 5.41) is 11.5. The van der Waals surface area contributed by atoms with E-state index in [4.69, 9.17) is 32.0 Å². The smallest absolute Gasteiger partial charge is 0.319 e. The Balaban J connectivity index is 1.37. The molecular weight excluding hydrogens is 656 g/mol. The maximum absolute atomic E-state index is 14.9. The predicted octanol–water partition coefficient (Wildman–Crippen LogP) is 6.71. The Hall–Kier alpha value is -4.05. The Morgan fingerprint density at radius 2 is 2.10 bits per heavy atom. The number of fused-ring (bicyclic) bond motifs is 3. The second-order valence-electron chi connectivity index (χ2n) is 12.9. The van der Waals surface area contributed by atoms with Gasteiger partial charge in [-0.15, -0.1) is 11.3 Å². The molecule has 7 rings (SSSR count). The van der Waals surface area contributed by atoms with Gasteiger partial charge in [-0.25, -0.2) is 8.78 Å². The van der Waals surface area contributed by atoms with Gasteiger partial charge < -0.3 is 20.3 Å². The molecule has 3 saturated heterocycles. The van der Waals surface area contributed by atoms with Gasteiger partial charge in [-0.3, -0.25) is 9.69 Å². The molecule has 2 aromatic carbocycles. The lowest BCUT2D eigenvalue weighted by atomic mass is 9.95. The molecule has 0 saturated carbocycles. The molecule has 0 radical (unpaired) electrons. The highest BCUT2D eigenvalue weighted by Crippen LogP contribution is 2.46. The summed E-state index contributed by atoms with van der Waals surface area (Å²) in [5.74, 6) is 0.0121. The van der Waals surface area contributed by atoms with Crippen molar-refractivity contribution in [3.8, 4) is 23.2 Å². The number of nitrogen functional groups attached to an aromatic ring is 1. The maximum Gasteiger partial charge on any atom is 0.319 e. The van der Waals surface area contributed by atoms with Crippen LogP contribution in [0, 0.1) is 17.1 Å². The zero-order valence-electron chi connectivity index (χ0n) is 26.8. The molecule has 3 fully saturated rings. The first kappa shape index (κ1) is 32.5. The standard InChI is InChI=1S/C35H36ClF2N7O2S/c1-4-27(46)45-14-11-26(19(45)3)44(5-2)33-23-8-7-22(21-9-10-25(38)31-28(21)24(16-39)32(40)48-31)29(36)30(23)41-34(42-33)47-18-35-12-6-13-43(35)17-20(37)15-35/h4,7-10,19-20,26H,1,5-6,11-15,17-18,40H2,2-3H3. The van der Waals surface area contributed by atoms with E-state index in [0.717, 1.165) is 37.1 Å². The van der Waals surface area contributed by atoms with Gasteiger partial charge >= 0.3 is 6.01 Å². The van der Waals surface area contributed by atoms with Crippen LogP contribution in [0.3, 0.4) is 0 Å². The van der Waals surface area contributed by atoms with Crippen molar-refractivity contribution in [3.05, 3.63) is 53.3 Å². The molecule has 250 valence electrons. The molecule has 48 heavy (non-hydrogen) atoms. The van der Waals surface area contributed by atoms with E-state index in [1.165, 1.54) is 12.1 Å². The molecule has 1 amide bonds. The van der Waals surface area contributed by atoms with Crippen LogP contribution in [0.4, 0.5) is 19.6 Å². The summed E-state index contributed by atoms with van der Waals surface area (Å²) in [7, 11) is 0. The highest BCUT2D eigenvalue weighted by atomic mass is 35.5. The predicted molar refractivity (Wildman–Crippen MR) is 186 cm³/mol. The number of amides is 1. The van der Waals surface area contributed by atoms with Gasteiger partial charge in [0.15, 0.2) is 0 Å². The lowest BCUT2D eigenvalue weighted by molar-refractivity contribution is -0.126. The van der Waals surface area contributed by atoms with Gasteiger partial charge in [-0.05, 0) is 63.4 Å². The van der Waals surface area contributed by atoms with Crippen molar-refractivity contribution in [3.63, 3.8) is 0 Å². The van der Waals surface area contributed by atoms with Crippen LogP contribution in [0.1, 0.15) is 45.1 Å². The van der Waals surface area contributed by atoms with Gasteiger partial charge in [0, 0.05) is 48.4 Å². The zero-order chi connectivity index (χ0) is 33.9. The van der Waals surface area contributed by atoms with Gasteiger partial charge in [0.05, 0.1) is 32.4 Å². The number of alkyl halides is 1. The highest BCUT2D eigenvalue weighted by Gasteiger charge is 2.49. The number of benzene rings is 2. The van der Waals surface area contributed by atoms with E-state index in [1.54, 1.807) is 6.07 Å². The molecule has 4 unspecified atom stereocenters. The van der Waals surface area contributed by atoms with Crippen LogP contribution in [0.5, 0.6) is 6.01 Å². The number of nitrogens with zero attached hydrogens (tertiary/aromatic N) is 6. The molecule has 3 aliphatic heterocycles. The number of thiophene rings is 1. The number of nitrogens with two attached hydrogens (primary N) is 1. The van der Waals surface area contributed by atoms with Crippen molar-refractivity contribution in [2.45, 2.75) is 63.3 Å². The molecule has 9 nitrogen and oxygen atoms in total. The number of rotatable bonds is 8. The molecule has 4 aromatic rings. The SMILES string of the molecule is C=CC(=O)N1CCC(N(CC)c2nc(OCC34CCCN3CC(F)C4)nc3c(Cl)c(-c4ccc(F)c5sc(N)c(C#N)c45)ccc23)C1C. The maximum atomic E-state index is 14.9. The third-order valence-electron chi connectivity index (χ3n) is 10.4. The topological polar surface area (TPSA) is 112 Å². The molecule has 0 aliphatic carbocycles. The van der Waals surface area contributed by atoms with E-state index in [1.807, 2.05) is 30.9 Å². The number of aromatic nitrogens is 2. The first-order valence-electron chi connectivity index (χ1n) is 16.2. The van der Waals surface area contributed by atoms with Crippen LogP contribution in [0.25, 0.3) is 32.1 Å². The van der Waals surface area contributed by atoms with Crippen molar-refractivity contribution in [2.24, 2.45) is 0 Å². The van der Waals surface area contributed by atoms with Gasteiger partial charge in [-0.1, -0.05) is 30.3 Å². The third-order valence-corrected chi connectivity index (χ3v) is 11.8. The normalized spacial score (nSPS) is 23.9. The minimum atomic E-state index is -0.906. The molecule has 4 atom stereocenters. The monoisotopic (exact) mass is 691 g/mol. The van der Waals surface area contributed by atoms with Crippen molar-refractivity contribution < 1.29 is 18.3 Å². The van der Waals surface area contributed by atoms with Gasteiger partial charge in [0.1, 0.15) is 35.5 Å². The zero-order valence-corrected chi connectivity index (χ0v) is 28.4. The van der Waals surface area contributed by atoms with Crippen LogP contribution < -0.4 is 15.4 Å². The fourth-order valence-electron chi connectivity index (χ4n) is 8.10. The first-order chi connectivity index (χ1) is 23.1. The Labute approximate surface area is 286 Å². The van der Waals surface area contributed by atoms with E-state index < -0.39 is 17.5 Å². The number of carbonyl (C=O) groups excluding carboxylic acids is 1. The van der Waals surface area contributed by atoms with Crippen LogP contribution >= 0.6 is 22.9 Å². The number of halogens is 3. The largest absolute Gasteiger partial charge is 0.461 e. The quantitative estimate of drug-likeness (QED) is 0.203. The number of carbonyl (C=O) groups is 1. The first-order valence-corrected chi connectivity index (χ1v) is 17.4. The fourth-order valence-corrected chi connectivity index (χ4v) is 9.36. The minimum absolute atomic E-state index is 0.0574. The van der Waals surface area contributed by atoms with Crippen LogP contribution in [0.2, 0.25) is 5.02 Å². The fraction of sp³-hybridized carbons (Fsp3) is 0.429. The summed E-state index contributed by atoms with van der Waals surface area (Å²) in [6.07, 6.45) is 3.36. The summed E-state index contributed by atoms with van der Waals surface area (Å²) in [5.41, 5.74) is 7.45. The average molecular weight is 692 g/mol. The van der Waals surface area contributed by atoms with E-state index >= 15 is 0 Å². The summed E-state index contributed by atoms with van der Waals surface area (Å²) < 4.78 is 36.2. The van der Waals surface area contributed by atoms with E-state index in [0.29, 0.717) is 59.3 Å². The second-order valence-corrected chi connectivity index (χ2v) is 14.3. The molecule has 2 aromatic heterocycles. The molecule has 0 bridgehead atoms. The number of hydrogen-bond acceptors (Lipinski definition) is 9. The Kier molecular flexibility index (Phi) is 8.42. The molecule has 3 aliphatic rings. The number of ether oxygens (including phenoxy) is 1. The summed E-state index contributed by atoms with van der Waals surface area (Å²) >= 11 is 8.25. The third kappa shape index (κ3) is 5.14. The molecular formula is C35H36ClF2N7O2S. The van der Waals surface area contributed by atoms with Gasteiger partial charge in [-0.2, -0.15) is 15.2 Å². The molecule has 13 heteroatoms. The Morgan fingerprint density at radius 1 is 1.31 bits per heavy atom. The van der Waals surface area contributed by atoms with E-state index in [2.05, 4.69) is 22.4 Å².